The number of rotatable bonds is 6. The fourth-order valence-electron chi connectivity index (χ4n) is 3.21. The van der Waals surface area contributed by atoms with Crippen LogP contribution in [-0.2, 0) is 0 Å². The minimum Gasteiger partial charge on any atom is -0.378 e. The summed E-state index contributed by atoms with van der Waals surface area (Å²) in [5.41, 5.74) is 6.61. The molecule has 0 aliphatic heterocycles. The minimum atomic E-state index is 0.565. The maximum absolute atomic E-state index is 11.8. The van der Waals surface area contributed by atoms with E-state index in [-0.39, 0.29) is 0 Å². The molecule has 0 amide bonds. The van der Waals surface area contributed by atoms with Gasteiger partial charge >= 0.3 is 0 Å². The number of aldehydes is 2. The Morgan fingerprint density at radius 2 is 0.893 bits per heavy atom. The van der Waals surface area contributed by atoms with E-state index >= 15 is 0 Å². The highest BCUT2D eigenvalue weighted by molar-refractivity contribution is 5.97. The molecule has 0 atom stereocenters. The standard InChI is InChI=1S/C24H24N2O2/c1-25(2)21-9-5-17(6-10-21)23-13-20(16-28)24(14-19(23)15-27)18-7-11-22(12-8-18)26(3)4/h5-16H,1-4H3. The van der Waals surface area contributed by atoms with Crippen molar-refractivity contribution in [1.82, 2.24) is 0 Å². The molecule has 142 valence electrons. The van der Waals surface area contributed by atoms with Gasteiger partial charge in [-0.25, -0.2) is 0 Å². The third kappa shape index (κ3) is 3.81. The summed E-state index contributed by atoms with van der Waals surface area (Å²) in [6.45, 7) is 0. The summed E-state index contributed by atoms with van der Waals surface area (Å²) < 4.78 is 0. The molecular weight excluding hydrogens is 348 g/mol. The van der Waals surface area contributed by atoms with E-state index in [1.165, 1.54) is 0 Å². The molecule has 0 aliphatic carbocycles. The SMILES string of the molecule is CN(C)c1ccc(-c2cc(C=O)c(-c3ccc(N(C)C)cc3)cc2C=O)cc1. The van der Waals surface area contributed by atoms with Crippen LogP contribution >= 0.6 is 0 Å². The molecular formula is C24H24N2O2. The van der Waals surface area contributed by atoms with E-state index in [0.717, 1.165) is 46.2 Å². The van der Waals surface area contributed by atoms with Crippen molar-refractivity contribution in [2.24, 2.45) is 0 Å². The van der Waals surface area contributed by atoms with Crippen LogP contribution in [0.1, 0.15) is 20.7 Å². The largest absolute Gasteiger partial charge is 0.378 e. The topological polar surface area (TPSA) is 40.6 Å². The number of benzene rings is 3. The maximum Gasteiger partial charge on any atom is 0.150 e. The van der Waals surface area contributed by atoms with E-state index in [9.17, 15) is 9.59 Å². The van der Waals surface area contributed by atoms with Gasteiger partial charge in [-0.3, -0.25) is 9.59 Å². The van der Waals surface area contributed by atoms with Gasteiger partial charge in [0.05, 0.1) is 0 Å². The van der Waals surface area contributed by atoms with Crippen molar-refractivity contribution in [2.45, 2.75) is 0 Å². The average Bonchev–Trinajstić information content (AvgIpc) is 2.72. The highest BCUT2D eigenvalue weighted by atomic mass is 16.1. The van der Waals surface area contributed by atoms with Crippen LogP contribution in [0.3, 0.4) is 0 Å². The lowest BCUT2D eigenvalue weighted by atomic mass is 9.91. The molecule has 0 unspecified atom stereocenters. The zero-order chi connectivity index (χ0) is 20.3. The molecule has 4 heteroatoms. The third-order valence-corrected chi connectivity index (χ3v) is 4.87. The van der Waals surface area contributed by atoms with Crippen molar-refractivity contribution in [3.05, 3.63) is 71.8 Å². The predicted molar refractivity (Wildman–Crippen MR) is 117 cm³/mol. The molecule has 0 spiro atoms. The smallest absolute Gasteiger partial charge is 0.150 e. The van der Waals surface area contributed by atoms with Crippen LogP contribution < -0.4 is 9.80 Å². The monoisotopic (exact) mass is 372 g/mol. The van der Waals surface area contributed by atoms with Crippen molar-refractivity contribution in [3.63, 3.8) is 0 Å². The molecule has 0 heterocycles. The van der Waals surface area contributed by atoms with Crippen LogP contribution in [0.2, 0.25) is 0 Å². The van der Waals surface area contributed by atoms with Crippen molar-refractivity contribution in [1.29, 1.82) is 0 Å². The predicted octanol–water partition coefficient (Wildman–Crippen LogP) is 4.78. The van der Waals surface area contributed by atoms with Gasteiger partial charge in [-0.15, -0.1) is 0 Å². The Balaban J connectivity index is 2.09. The van der Waals surface area contributed by atoms with E-state index in [4.69, 9.17) is 0 Å². The third-order valence-electron chi connectivity index (χ3n) is 4.87. The Morgan fingerprint density at radius 3 is 1.14 bits per heavy atom. The lowest BCUT2D eigenvalue weighted by molar-refractivity contribution is 0.111. The first-order valence-corrected chi connectivity index (χ1v) is 9.08. The Hall–Kier alpha value is -3.40. The van der Waals surface area contributed by atoms with Crippen LogP contribution in [0.15, 0.2) is 60.7 Å². The molecule has 0 saturated heterocycles. The first kappa shape index (κ1) is 19.4. The highest BCUT2D eigenvalue weighted by Crippen LogP contribution is 2.32. The molecule has 0 aromatic heterocycles. The second-order valence-corrected chi connectivity index (χ2v) is 7.15. The molecule has 3 rings (SSSR count). The summed E-state index contributed by atoms with van der Waals surface area (Å²) in [7, 11) is 7.92. The van der Waals surface area contributed by atoms with Gasteiger partial charge in [-0.2, -0.15) is 0 Å². The van der Waals surface area contributed by atoms with Crippen LogP contribution in [0.5, 0.6) is 0 Å². The first-order valence-electron chi connectivity index (χ1n) is 9.08. The Labute approximate surface area is 166 Å². The normalized spacial score (nSPS) is 10.4. The number of hydrogen-bond acceptors (Lipinski definition) is 4. The second-order valence-electron chi connectivity index (χ2n) is 7.15. The second kappa shape index (κ2) is 8.09. The lowest BCUT2D eigenvalue weighted by Gasteiger charge is -2.16. The van der Waals surface area contributed by atoms with Crippen LogP contribution in [0.25, 0.3) is 22.3 Å². The number of anilines is 2. The van der Waals surface area contributed by atoms with Crippen LogP contribution in [0, 0.1) is 0 Å². The number of nitrogens with zero attached hydrogens (tertiary/aromatic N) is 2. The zero-order valence-electron chi connectivity index (χ0n) is 16.6. The number of carbonyl (C=O) groups is 2. The van der Waals surface area contributed by atoms with Crippen molar-refractivity contribution in [2.75, 3.05) is 38.0 Å². The molecule has 3 aromatic carbocycles. The Kier molecular flexibility index (Phi) is 5.59. The van der Waals surface area contributed by atoms with Crippen molar-refractivity contribution < 1.29 is 9.59 Å². The molecule has 28 heavy (non-hydrogen) atoms. The fourth-order valence-corrected chi connectivity index (χ4v) is 3.21. The molecule has 0 saturated carbocycles. The molecule has 0 radical (unpaired) electrons. The Bertz CT molecular complexity index is 905. The summed E-state index contributed by atoms with van der Waals surface area (Å²) in [5.74, 6) is 0. The molecule has 3 aromatic rings. The van der Waals surface area contributed by atoms with Crippen molar-refractivity contribution >= 4 is 23.9 Å². The van der Waals surface area contributed by atoms with Gasteiger partial charge in [0.25, 0.3) is 0 Å². The molecule has 0 fully saturated rings. The molecule has 0 aliphatic rings. The quantitative estimate of drug-likeness (QED) is 0.584. The van der Waals surface area contributed by atoms with Crippen LogP contribution in [-0.4, -0.2) is 40.8 Å². The number of hydrogen-bond donors (Lipinski definition) is 0. The molecule has 0 bridgehead atoms. The average molecular weight is 372 g/mol. The summed E-state index contributed by atoms with van der Waals surface area (Å²) in [6, 6.07) is 19.5. The summed E-state index contributed by atoms with van der Waals surface area (Å²) in [5, 5.41) is 0. The van der Waals surface area contributed by atoms with Gasteiger partial charge in [0, 0.05) is 50.7 Å². The first-order chi connectivity index (χ1) is 13.4. The zero-order valence-corrected chi connectivity index (χ0v) is 16.6. The van der Waals surface area contributed by atoms with Crippen molar-refractivity contribution in [3.8, 4) is 22.3 Å². The van der Waals surface area contributed by atoms with E-state index < -0.39 is 0 Å². The van der Waals surface area contributed by atoms with E-state index in [0.29, 0.717) is 11.1 Å². The van der Waals surface area contributed by atoms with Gasteiger partial charge < -0.3 is 9.80 Å². The van der Waals surface area contributed by atoms with Gasteiger partial charge in [0.15, 0.2) is 12.6 Å². The maximum atomic E-state index is 11.8. The fraction of sp³-hybridized carbons (Fsp3) is 0.167. The summed E-state index contributed by atoms with van der Waals surface area (Å²) in [6.07, 6.45) is 1.70. The van der Waals surface area contributed by atoms with E-state index in [1.807, 2.05) is 86.5 Å². The van der Waals surface area contributed by atoms with Gasteiger partial charge in [-0.1, -0.05) is 24.3 Å². The van der Waals surface area contributed by atoms with Gasteiger partial charge in [0.1, 0.15) is 0 Å². The number of carbonyl (C=O) groups excluding carboxylic acids is 2. The van der Waals surface area contributed by atoms with E-state index in [1.54, 1.807) is 12.1 Å². The minimum absolute atomic E-state index is 0.565. The van der Waals surface area contributed by atoms with Gasteiger partial charge in [-0.05, 0) is 58.7 Å². The molecule has 4 nitrogen and oxygen atoms in total. The highest BCUT2D eigenvalue weighted by Gasteiger charge is 2.13. The lowest BCUT2D eigenvalue weighted by Crippen LogP contribution is -2.08. The van der Waals surface area contributed by atoms with Gasteiger partial charge in [0.2, 0.25) is 0 Å². The van der Waals surface area contributed by atoms with Crippen LogP contribution in [0.4, 0.5) is 11.4 Å². The summed E-state index contributed by atoms with van der Waals surface area (Å²) >= 11 is 0. The van der Waals surface area contributed by atoms with E-state index in [2.05, 4.69) is 0 Å². The summed E-state index contributed by atoms with van der Waals surface area (Å²) in [4.78, 5) is 27.6. The molecule has 0 N–H and O–H groups in total. The Morgan fingerprint density at radius 1 is 0.571 bits per heavy atom.